The SMILES string of the molecule is N#C[C@H](Cc1ccc(-c2ccc3oc(=O)[nH]c3c2)cc1)NC(=O)[C@H]1C[C@@H]2CC[C@H]1C2. The highest BCUT2D eigenvalue weighted by Gasteiger charge is 2.43. The lowest BCUT2D eigenvalue weighted by Crippen LogP contribution is -2.40. The van der Waals surface area contributed by atoms with Crippen LogP contribution in [0.1, 0.15) is 31.2 Å². The second-order valence-corrected chi connectivity index (χ2v) is 8.60. The van der Waals surface area contributed by atoms with E-state index in [0.717, 1.165) is 29.5 Å². The van der Waals surface area contributed by atoms with Crippen LogP contribution in [0, 0.1) is 29.1 Å². The fourth-order valence-corrected chi connectivity index (χ4v) is 5.17. The third-order valence-corrected chi connectivity index (χ3v) is 6.69. The molecule has 0 saturated heterocycles. The van der Waals surface area contributed by atoms with Gasteiger partial charge in [-0.2, -0.15) is 5.26 Å². The van der Waals surface area contributed by atoms with Gasteiger partial charge in [-0.25, -0.2) is 4.79 Å². The molecule has 1 aromatic heterocycles. The van der Waals surface area contributed by atoms with E-state index in [1.807, 2.05) is 36.4 Å². The molecule has 1 amide bonds. The number of nitriles is 1. The Morgan fingerprint density at radius 1 is 1.17 bits per heavy atom. The summed E-state index contributed by atoms with van der Waals surface area (Å²) in [5.74, 6) is 0.889. The number of H-pyrrole nitrogens is 1. The highest BCUT2D eigenvalue weighted by molar-refractivity contribution is 5.81. The van der Waals surface area contributed by atoms with Gasteiger partial charge in [0, 0.05) is 12.3 Å². The first-order valence-corrected chi connectivity index (χ1v) is 10.5. The molecular weight excluding hydrogens is 378 g/mol. The van der Waals surface area contributed by atoms with Crippen molar-refractivity contribution in [2.45, 2.75) is 38.1 Å². The topological polar surface area (TPSA) is 98.9 Å². The molecule has 2 N–H and O–H groups in total. The molecule has 6 nitrogen and oxygen atoms in total. The van der Waals surface area contributed by atoms with E-state index in [2.05, 4.69) is 16.4 Å². The number of nitrogens with one attached hydrogen (secondary N) is 2. The first-order chi connectivity index (χ1) is 14.6. The summed E-state index contributed by atoms with van der Waals surface area (Å²) in [5.41, 5.74) is 4.16. The fourth-order valence-electron chi connectivity index (χ4n) is 5.17. The van der Waals surface area contributed by atoms with E-state index >= 15 is 0 Å². The van der Waals surface area contributed by atoms with Gasteiger partial charge in [-0.15, -0.1) is 0 Å². The van der Waals surface area contributed by atoms with Gasteiger partial charge in [0.15, 0.2) is 5.58 Å². The molecule has 0 aliphatic heterocycles. The normalized spacial score (nSPS) is 23.4. The molecule has 0 radical (unpaired) electrons. The number of fused-ring (bicyclic) bond motifs is 3. The van der Waals surface area contributed by atoms with Crippen LogP contribution in [0.25, 0.3) is 22.2 Å². The number of amides is 1. The number of benzene rings is 2. The van der Waals surface area contributed by atoms with Crippen molar-refractivity contribution < 1.29 is 9.21 Å². The van der Waals surface area contributed by atoms with Gasteiger partial charge in [-0.05, 0) is 59.9 Å². The largest absolute Gasteiger partial charge is 0.417 e. The van der Waals surface area contributed by atoms with Crippen LogP contribution in [0.4, 0.5) is 0 Å². The molecule has 2 bridgehead atoms. The molecule has 5 rings (SSSR count). The summed E-state index contributed by atoms with van der Waals surface area (Å²) in [5, 5.41) is 12.5. The third kappa shape index (κ3) is 3.52. The van der Waals surface area contributed by atoms with E-state index in [1.54, 1.807) is 6.07 Å². The molecule has 0 unspecified atom stereocenters. The number of hydrogen-bond donors (Lipinski definition) is 2. The maximum atomic E-state index is 12.6. The van der Waals surface area contributed by atoms with Crippen molar-refractivity contribution in [1.29, 1.82) is 5.26 Å². The fraction of sp³-hybridized carbons (Fsp3) is 0.375. The summed E-state index contributed by atoms with van der Waals surface area (Å²) in [6.45, 7) is 0. The van der Waals surface area contributed by atoms with E-state index in [4.69, 9.17) is 4.42 Å². The van der Waals surface area contributed by atoms with Crippen molar-refractivity contribution >= 4 is 17.0 Å². The number of carbonyl (C=O) groups excluding carboxylic acids is 1. The first kappa shape index (κ1) is 18.7. The quantitative estimate of drug-likeness (QED) is 0.680. The van der Waals surface area contributed by atoms with Gasteiger partial charge in [0.05, 0.1) is 11.6 Å². The van der Waals surface area contributed by atoms with Crippen LogP contribution < -0.4 is 11.1 Å². The Morgan fingerprint density at radius 3 is 2.67 bits per heavy atom. The molecule has 2 aliphatic carbocycles. The van der Waals surface area contributed by atoms with Gasteiger partial charge in [0.25, 0.3) is 0 Å². The van der Waals surface area contributed by atoms with Gasteiger partial charge in [-0.1, -0.05) is 36.8 Å². The monoisotopic (exact) mass is 401 g/mol. The molecule has 30 heavy (non-hydrogen) atoms. The number of hydrogen-bond acceptors (Lipinski definition) is 4. The third-order valence-electron chi connectivity index (χ3n) is 6.69. The summed E-state index contributed by atoms with van der Waals surface area (Å²) < 4.78 is 5.04. The van der Waals surface area contributed by atoms with Crippen LogP contribution in [-0.2, 0) is 11.2 Å². The summed E-state index contributed by atoms with van der Waals surface area (Å²) in [7, 11) is 0. The minimum atomic E-state index is -0.519. The van der Waals surface area contributed by atoms with Gasteiger partial charge in [0.2, 0.25) is 5.91 Å². The van der Waals surface area contributed by atoms with Crippen molar-refractivity contribution in [2.75, 3.05) is 0 Å². The van der Waals surface area contributed by atoms with Gasteiger partial charge < -0.3 is 9.73 Å². The van der Waals surface area contributed by atoms with E-state index < -0.39 is 11.8 Å². The van der Waals surface area contributed by atoms with Crippen molar-refractivity contribution in [3.63, 3.8) is 0 Å². The number of oxazole rings is 1. The highest BCUT2D eigenvalue weighted by Crippen LogP contribution is 2.48. The minimum Gasteiger partial charge on any atom is -0.408 e. The standard InChI is InChI=1S/C24H23N3O3/c25-13-19(26-23(28)20-11-15-3-6-18(20)9-15)10-14-1-4-16(5-2-14)17-7-8-22-21(12-17)27-24(29)30-22/h1-2,4-5,7-8,12,15,18-20H,3,6,9-11H2,(H,26,28)(H,27,29)/t15-,18+,19+,20+/m1/s1. The average Bonchev–Trinajstić information content (AvgIpc) is 3.48. The molecule has 2 aliphatic rings. The number of aromatic amines is 1. The number of nitrogens with zero attached hydrogens (tertiary/aromatic N) is 1. The Labute approximate surface area is 173 Å². The van der Waals surface area contributed by atoms with Crippen molar-refractivity contribution in [1.82, 2.24) is 10.3 Å². The lowest BCUT2D eigenvalue weighted by atomic mass is 9.88. The summed E-state index contributed by atoms with van der Waals surface area (Å²) in [6.07, 6.45) is 5.05. The summed E-state index contributed by atoms with van der Waals surface area (Å²) in [6, 6.07) is 15.2. The Bertz CT molecular complexity index is 1180. The minimum absolute atomic E-state index is 0.0489. The number of carbonyl (C=O) groups is 1. The Balaban J connectivity index is 1.25. The zero-order valence-corrected chi connectivity index (χ0v) is 16.6. The molecule has 2 aromatic carbocycles. The molecule has 2 fully saturated rings. The lowest BCUT2D eigenvalue weighted by molar-refractivity contribution is -0.126. The number of rotatable bonds is 5. The van der Waals surface area contributed by atoms with E-state index in [-0.39, 0.29) is 11.8 Å². The zero-order valence-electron chi connectivity index (χ0n) is 16.6. The molecule has 4 atom stereocenters. The highest BCUT2D eigenvalue weighted by atomic mass is 16.4. The summed E-state index contributed by atoms with van der Waals surface area (Å²) in [4.78, 5) is 26.6. The van der Waals surface area contributed by atoms with Crippen molar-refractivity contribution in [2.24, 2.45) is 17.8 Å². The molecule has 0 spiro atoms. The van der Waals surface area contributed by atoms with Crippen LogP contribution in [0.2, 0.25) is 0 Å². The summed E-state index contributed by atoms with van der Waals surface area (Å²) >= 11 is 0. The van der Waals surface area contributed by atoms with Crippen molar-refractivity contribution in [3.8, 4) is 17.2 Å². The molecule has 2 saturated carbocycles. The Kier molecular flexibility index (Phi) is 4.66. The van der Waals surface area contributed by atoms with Crippen molar-refractivity contribution in [3.05, 3.63) is 58.6 Å². The Morgan fingerprint density at radius 2 is 1.97 bits per heavy atom. The van der Waals surface area contributed by atoms with Gasteiger partial charge in [0.1, 0.15) is 6.04 Å². The second kappa shape index (κ2) is 7.49. The first-order valence-electron chi connectivity index (χ1n) is 10.5. The van der Waals surface area contributed by atoms with E-state index in [1.165, 1.54) is 12.8 Å². The Hall–Kier alpha value is -3.33. The molecule has 152 valence electrons. The van der Waals surface area contributed by atoms with Crippen LogP contribution >= 0.6 is 0 Å². The maximum absolute atomic E-state index is 12.6. The predicted molar refractivity (Wildman–Crippen MR) is 112 cm³/mol. The van der Waals surface area contributed by atoms with Crippen LogP contribution in [0.5, 0.6) is 0 Å². The molecule has 6 heteroatoms. The molecular formula is C24H23N3O3. The predicted octanol–water partition coefficient (Wildman–Crippen LogP) is 3.78. The van der Waals surface area contributed by atoms with E-state index in [0.29, 0.717) is 29.4 Å². The van der Waals surface area contributed by atoms with E-state index in [9.17, 15) is 14.9 Å². The van der Waals surface area contributed by atoms with Crippen LogP contribution in [0.15, 0.2) is 51.7 Å². The number of aromatic nitrogens is 1. The van der Waals surface area contributed by atoms with Gasteiger partial charge in [-0.3, -0.25) is 9.78 Å². The second-order valence-electron chi connectivity index (χ2n) is 8.60. The van der Waals surface area contributed by atoms with Crippen LogP contribution in [-0.4, -0.2) is 16.9 Å². The smallest absolute Gasteiger partial charge is 0.408 e. The maximum Gasteiger partial charge on any atom is 0.417 e. The molecule has 1 heterocycles. The molecule has 3 aromatic rings. The lowest BCUT2D eigenvalue weighted by Gasteiger charge is -2.22. The average molecular weight is 401 g/mol. The zero-order chi connectivity index (χ0) is 20.7. The van der Waals surface area contributed by atoms with Gasteiger partial charge >= 0.3 is 5.76 Å². The van der Waals surface area contributed by atoms with Crippen LogP contribution in [0.3, 0.4) is 0 Å².